The molecular formula is C13H29N3O. The molecule has 2 N–H and O–H groups in total. The van der Waals surface area contributed by atoms with Crippen LogP contribution in [0.25, 0.3) is 0 Å². The summed E-state index contributed by atoms with van der Waals surface area (Å²) >= 11 is 0. The molecule has 0 saturated carbocycles. The van der Waals surface area contributed by atoms with E-state index in [0.29, 0.717) is 0 Å². The minimum absolute atomic E-state index is 0.0950. The zero-order chi connectivity index (χ0) is 13.1. The summed E-state index contributed by atoms with van der Waals surface area (Å²) in [4.78, 5) is 14.0. The Bertz CT molecular complexity index is 193. The van der Waals surface area contributed by atoms with Gasteiger partial charge in [0.2, 0.25) is 5.91 Å². The first-order chi connectivity index (χ1) is 8.15. The maximum atomic E-state index is 11.6. The van der Waals surface area contributed by atoms with Gasteiger partial charge in [0.15, 0.2) is 0 Å². The summed E-state index contributed by atoms with van der Waals surface area (Å²) in [6, 6.07) is -0.0950. The van der Waals surface area contributed by atoms with E-state index in [4.69, 9.17) is 0 Å². The lowest BCUT2D eigenvalue weighted by Gasteiger charge is -2.20. The molecule has 0 rings (SSSR count). The van der Waals surface area contributed by atoms with Gasteiger partial charge in [0, 0.05) is 19.6 Å². The molecule has 0 heterocycles. The van der Waals surface area contributed by atoms with E-state index in [1.54, 1.807) is 0 Å². The summed E-state index contributed by atoms with van der Waals surface area (Å²) in [6.07, 6.45) is 2.17. The van der Waals surface area contributed by atoms with Crippen LogP contribution in [-0.4, -0.2) is 49.6 Å². The molecule has 17 heavy (non-hydrogen) atoms. The summed E-state index contributed by atoms with van der Waals surface area (Å²) in [7, 11) is 0. The summed E-state index contributed by atoms with van der Waals surface area (Å²) in [5, 5.41) is 6.19. The Hall–Kier alpha value is -0.610. The highest BCUT2D eigenvalue weighted by Gasteiger charge is 2.10. The molecule has 0 saturated heterocycles. The van der Waals surface area contributed by atoms with Crippen LogP contribution in [0.1, 0.15) is 40.5 Å². The van der Waals surface area contributed by atoms with E-state index >= 15 is 0 Å². The van der Waals surface area contributed by atoms with Crippen molar-refractivity contribution in [3.05, 3.63) is 0 Å². The second-order valence-corrected chi connectivity index (χ2v) is 4.35. The smallest absolute Gasteiger partial charge is 0.236 e. The molecule has 1 amide bonds. The number of nitrogens with zero attached hydrogens (tertiary/aromatic N) is 1. The normalized spacial score (nSPS) is 12.8. The largest absolute Gasteiger partial charge is 0.355 e. The molecule has 0 aromatic rings. The van der Waals surface area contributed by atoms with E-state index < -0.39 is 0 Å². The predicted octanol–water partition coefficient (Wildman–Crippen LogP) is 1.22. The standard InChI is InChI=1S/C13H29N3O/c1-5-8-9-15-13(17)12(4)14-10-11-16(6-2)7-3/h12,14H,5-11H2,1-4H3,(H,15,17). The topological polar surface area (TPSA) is 44.4 Å². The first kappa shape index (κ1) is 16.4. The Morgan fingerprint density at radius 2 is 1.82 bits per heavy atom. The van der Waals surface area contributed by atoms with Crippen LogP contribution >= 0.6 is 0 Å². The fraction of sp³-hybridized carbons (Fsp3) is 0.923. The number of hydrogen-bond acceptors (Lipinski definition) is 3. The number of carbonyl (C=O) groups excluding carboxylic acids is 1. The van der Waals surface area contributed by atoms with Gasteiger partial charge in [0.05, 0.1) is 6.04 Å². The second-order valence-electron chi connectivity index (χ2n) is 4.35. The van der Waals surface area contributed by atoms with Gasteiger partial charge in [-0.25, -0.2) is 0 Å². The van der Waals surface area contributed by atoms with Gasteiger partial charge in [0.1, 0.15) is 0 Å². The zero-order valence-corrected chi connectivity index (χ0v) is 11.9. The minimum atomic E-state index is -0.0950. The van der Waals surface area contributed by atoms with Gasteiger partial charge in [0.25, 0.3) is 0 Å². The van der Waals surface area contributed by atoms with Crippen molar-refractivity contribution in [1.82, 2.24) is 15.5 Å². The van der Waals surface area contributed by atoms with Crippen LogP contribution in [0, 0.1) is 0 Å². The van der Waals surface area contributed by atoms with Crippen molar-refractivity contribution in [3.8, 4) is 0 Å². The van der Waals surface area contributed by atoms with Crippen molar-refractivity contribution in [2.75, 3.05) is 32.7 Å². The highest BCUT2D eigenvalue weighted by Crippen LogP contribution is 1.88. The van der Waals surface area contributed by atoms with Gasteiger partial charge in [-0.05, 0) is 26.4 Å². The number of unbranched alkanes of at least 4 members (excludes halogenated alkanes) is 1. The average molecular weight is 243 g/mol. The van der Waals surface area contributed by atoms with E-state index in [2.05, 4.69) is 36.3 Å². The number of rotatable bonds is 10. The molecule has 0 fully saturated rings. The van der Waals surface area contributed by atoms with Gasteiger partial charge in [-0.2, -0.15) is 0 Å². The summed E-state index contributed by atoms with van der Waals surface area (Å²) < 4.78 is 0. The lowest BCUT2D eigenvalue weighted by Crippen LogP contribution is -2.45. The average Bonchev–Trinajstić information content (AvgIpc) is 2.34. The van der Waals surface area contributed by atoms with Crippen molar-refractivity contribution in [3.63, 3.8) is 0 Å². The molecule has 0 aliphatic heterocycles. The molecule has 0 spiro atoms. The molecule has 4 heteroatoms. The Labute approximate surface area is 106 Å². The zero-order valence-electron chi connectivity index (χ0n) is 11.9. The number of hydrogen-bond donors (Lipinski definition) is 2. The number of nitrogens with one attached hydrogen (secondary N) is 2. The fourth-order valence-corrected chi connectivity index (χ4v) is 1.61. The first-order valence-electron chi connectivity index (χ1n) is 6.89. The van der Waals surface area contributed by atoms with Crippen molar-refractivity contribution in [1.29, 1.82) is 0 Å². The molecule has 0 radical (unpaired) electrons. The molecule has 1 unspecified atom stereocenters. The van der Waals surface area contributed by atoms with Gasteiger partial charge < -0.3 is 15.5 Å². The van der Waals surface area contributed by atoms with Crippen molar-refractivity contribution >= 4 is 5.91 Å². The first-order valence-corrected chi connectivity index (χ1v) is 6.89. The Balaban J connectivity index is 3.62. The van der Waals surface area contributed by atoms with Crippen LogP contribution in [-0.2, 0) is 4.79 Å². The van der Waals surface area contributed by atoms with E-state index in [-0.39, 0.29) is 11.9 Å². The third kappa shape index (κ3) is 8.16. The second kappa shape index (κ2) is 10.5. The number of likely N-dealkylation sites (N-methyl/N-ethyl adjacent to an activating group) is 1. The molecule has 0 aliphatic carbocycles. The highest BCUT2D eigenvalue weighted by molar-refractivity contribution is 5.81. The molecule has 1 atom stereocenters. The fourth-order valence-electron chi connectivity index (χ4n) is 1.61. The molecule has 4 nitrogen and oxygen atoms in total. The van der Waals surface area contributed by atoms with Crippen LogP contribution in [0.4, 0.5) is 0 Å². The number of carbonyl (C=O) groups is 1. The van der Waals surface area contributed by atoms with Gasteiger partial charge in [-0.3, -0.25) is 4.79 Å². The minimum Gasteiger partial charge on any atom is -0.355 e. The van der Waals surface area contributed by atoms with Crippen molar-refractivity contribution < 1.29 is 4.79 Å². The lowest BCUT2D eigenvalue weighted by molar-refractivity contribution is -0.122. The van der Waals surface area contributed by atoms with Crippen LogP contribution in [0.15, 0.2) is 0 Å². The molecule has 102 valence electrons. The van der Waals surface area contributed by atoms with Gasteiger partial charge >= 0.3 is 0 Å². The Kier molecular flexibility index (Phi) is 10.2. The Morgan fingerprint density at radius 3 is 2.35 bits per heavy atom. The monoisotopic (exact) mass is 243 g/mol. The van der Waals surface area contributed by atoms with Crippen LogP contribution in [0.3, 0.4) is 0 Å². The van der Waals surface area contributed by atoms with Crippen molar-refractivity contribution in [2.24, 2.45) is 0 Å². The van der Waals surface area contributed by atoms with E-state index in [9.17, 15) is 4.79 Å². The molecule has 0 aromatic carbocycles. The molecule has 0 aliphatic rings. The van der Waals surface area contributed by atoms with Crippen LogP contribution < -0.4 is 10.6 Å². The van der Waals surface area contributed by atoms with E-state index in [1.807, 2.05) is 6.92 Å². The van der Waals surface area contributed by atoms with Crippen LogP contribution in [0.2, 0.25) is 0 Å². The third-order valence-corrected chi connectivity index (χ3v) is 3.00. The highest BCUT2D eigenvalue weighted by atomic mass is 16.2. The van der Waals surface area contributed by atoms with Gasteiger partial charge in [-0.1, -0.05) is 27.2 Å². The maximum Gasteiger partial charge on any atom is 0.236 e. The molecule has 0 aromatic heterocycles. The van der Waals surface area contributed by atoms with E-state index in [0.717, 1.165) is 45.6 Å². The van der Waals surface area contributed by atoms with Crippen molar-refractivity contribution in [2.45, 2.75) is 46.6 Å². The number of amides is 1. The Morgan fingerprint density at radius 1 is 1.18 bits per heavy atom. The predicted molar refractivity (Wildman–Crippen MR) is 73.2 cm³/mol. The summed E-state index contributed by atoms with van der Waals surface area (Å²) in [5.74, 6) is 0.109. The maximum absolute atomic E-state index is 11.6. The van der Waals surface area contributed by atoms with Crippen LogP contribution in [0.5, 0.6) is 0 Å². The summed E-state index contributed by atoms with van der Waals surface area (Å²) in [6.45, 7) is 13.1. The van der Waals surface area contributed by atoms with Gasteiger partial charge in [-0.15, -0.1) is 0 Å². The molecule has 0 bridgehead atoms. The SMILES string of the molecule is CCCCNC(=O)C(C)NCCN(CC)CC. The van der Waals surface area contributed by atoms with E-state index in [1.165, 1.54) is 0 Å². The third-order valence-electron chi connectivity index (χ3n) is 3.00. The molecular weight excluding hydrogens is 214 g/mol. The summed E-state index contributed by atoms with van der Waals surface area (Å²) in [5.41, 5.74) is 0. The quantitative estimate of drug-likeness (QED) is 0.567. The lowest BCUT2D eigenvalue weighted by atomic mass is 10.3.